The Morgan fingerprint density at radius 3 is 2.12 bits per heavy atom. The van der Waals surface area contributed by atoms with Gasteiger partial charge >= 0.3 is 0 Å². The molecule has 33 heavy (non-hydrogen) atoms. The summed E-state index contributed by atoms with van der Waals surface area (Å²) in [6.45, 7) is 16.4. The molecule has 0 aromatic heterocycles. The lowest BCUT2D eigenvalue weighted by atomic mass is 9.31. The molecule has 3 heteroatoms. The van der Waals surface area contributed by atoms with E-state index in [0.717, 1.165) is 51.4 Å². The minimum atomic E-state index is -0.293. The van der Waals surface area contributed by atoms with Crippen LogP contribution in [0.1, 0.15) is 113 Å². The first kappa shape index (κ1) is 23.7. The summed E-state index contributed by atoms with van der Waals surface area (Å²) in [5, 5.41) is 0. The maximum absolute atomic E-state index is 14.2. The summed E-state index contributed by atoms with van der Waals surface area (Å²) in [6, 6.07) is 0. The first-order chi connectivity index (χ1) is 15.2. The maximum atomic E-state index is 14.2. The van der Waals surface area contributed by atoms with Crippen LogP contribution in [-0.2, 0) is 14.4 Å². The van der Waals surface area contributed by atoms with Crippen LogP contribution in [0, 0.1) is 56.2 Å². The molecule has 0 aromatic rings. The molecule has 5 aliphatic rings. The zero-order valence-corrected chi connectivity index (χ0v) is 22.2. The normalized spacial score (nSPS) is 52.7. The average molecular weight is 455 g/mol. The van der Waals surface area contributed by atoms with Crippen LogP contribution in [0.25, 0.3) is 0 Å². The molecule has 0 saturated heterocycles. The van der Waals surface area contributed by atoms with Crippen LogP contribution in [0.15, 0.2) is 0 Å². The second-order valence-corrected chi connectivity index (χ2v) is 15.1. The van der Waals surface area contributed by atoms with Crippen molar-refractivity contribution in [1.82, 2.24) is 0 Å². The van der Waals surface area contributed by atoms with Crippen molar-refractivity contribution in [3.63, 3.8) is 0 Å². The lowest BCUT2D eigenvalue weighted by molar-refractivity contribution is -0.231. The fourth-order valence-corrected chi connectivity index (χ4v) is 10.8. The Labute approximate surface area is 201 Å². The molecule has 3 nitrogen and oxygen atoms in total. The molecule has 0 radical (unpaired) electrons. The van der Waals surface area contributed by atoms with E-state index in [4.69, 9.17) is 0 Å². The quantitative estimate of drug-likeness (QED) is 0.409. The van der Waals surface area contributed by atoms with Crippen molar-refractivity contribution in [2.45, 2.75) is 113 Å². The molecule has 5 fully saturated rings. The summed E-state index contributed by atoms with van der Waals surface area (Å²) in [6.07, 6.45) is 10.7. The van der Waals surface area contributed by atoms with Gasteiger partial charge in [0.05, 0.1) is 0 Å². The van der Waals surface area contributed by atoms with Crippen molar-refractivity contribution in [3.8, 4) is 0 Å². The number of carbonyl (C=O) groups is 3. The molecule has 2 unspecified atom stereocenters. The predicted molar refractivity (Wildman–Crippen MR) is 131 cm³/mol. The minimum Gasteiger partial charge on any atom is -0.303 e. The van der Waals surface area contributed by atoms with Gasteiger partial charge in [-0.15, -0.1) is 0 Å². The SMILES string of the molecule is CC1(C)CCC2(C=O)CC[C@]3(C)[C@H](C(=O)C[C@@H]4[C@@]5(C)CCC(=O)C(C)(C)[C@@H]5CC[C@]43C)C2C1. The second kappa shape index (κ2) is 6.82. The van der Waals surface area contributed by atoms with Gasteiger partial charge in [-0.05, 0) is 90.8 Å². The number of carbonyl (C=O) groups excluding carboxylic acids is 3. The van der Waals surface area contributed by atoms with Gasteiger partial charge < -0.3 is 4.79 Å². The average Bonchev–Trinajstić information content (AvgIpc) is 2.72. The van der Waals surface area contributed by atoms with E-state index in [1.165, 1.54) is 6.29 Å². The van der Waals surface area contributed by atoms with Gasteiger partial charge in [-0.2, -0.15) is 0 Å². The maximum Gasteiger partial charge on any atom is 0.138 e. The number of hydrogen-bond acceptors (Lipinski definition) is 3. The van der Waals surface area contributed by atoms with Crippen molar-refractivity contribution < 1.29 is 14.4 Å². The van der Waals surface area contributed by atoms with Crippen LogP contribution >= 0.6 is 0 Å². The molecule has 0 heterocycles. The van der Waals surface area contributed by atoms with Crippen LogP contribution in [0.4, 0.5) is 0 Å². The van der Waals surface area contributed by atoms with Crippen LogP contribution < -0.4 is 0 Å². The van der Waals surface area contributed by atoms with E-state index >= 15 is 0 Å². The van der Waals surface area contributed by atoms with Crippen molar-refractivity contribution in [1.29, 1.82) is 0 Å². The number of aldehydes is 1. The monoisotopic (exact) mass is 454 g/mol. The van der Waals surface area contributed by atoms with Crippen LogP contribution in [0.5, 0.6) is 0 Å². The molecular weight excluding hydrogens is 408 g/mol. The third kappa shape index (κ3) is 2.83. The molecule has 0 N–H and O–H groups in total. The molecular formula is C30H46O3. The van der Waals surface area contributed by atoms with Crippen LogP contribution in [-0.4, -0.2) is 17.9 Å². The molecule has 0 bridgehead atoms. The Hall–Kier alpha value is -0.990. The van der Waals surface area contributed by atoms with Gasteiger partial charge in [0.2, 0.25) is 0 Å². The summed E-state index contributed by atoms with van der Waals surface area (Å²) in [5.41, 5.74) is -0.314. The van der Waals surface area contributed by atoms with E-state index in [1.54, 1.807) is 0 Å². The summed E-state index contributed by atoms with van der Waals surface area (Å²) >= 11 is 0. The number of ketones is 2. The molecule has 0 spiro atoms. The molecule has 0 aromatic carbocycles. The van der Waals surface area contributed by atoms with Gasteiger partial charge in [-0.25, -0.2) is 0 Å². The Balaban J connectivity index is 1.59. The Morgan fingerprint density at radius 1 is 0.788 bits per heavy atom. The lowest BCUT2D eigenvalue weighted by Crippen LogP contribution is -2.69. The topological polar surface area (TPSA) is 51.2 Å². The molecule has 0 aliphatic heterocycles. The smallest absolute Gasteiger partial charge is 0.138 e. The van der Waals surface area contributed by atoms with Gasteiger partial charge in [0.15, 0.2) is 0 Å². The molecule has 5 rings (SSSR count). The van der Waals surface area contributed by atoms with Crippen molar-refractivity contribution in [2.75, 3.05) is 0 Å². The fourth-order valence-electron chi connectivity index (χ4n) is 10.8. The third-order valence-corrected chi connectivity index (χ3v) is 13.1. The van der Waals surface area contributed by atoms with E-state index in [9.17, 15) is 14.4 Å². The van der Waals surface area contributed by atoms with Crippen molar-refractivity contribution in [3.05, 3.63) is 0 Å². The highest BCUT2D eigenvalue weighted by Gasteiger charge is 2.72. The van der Waals surface area contributed by atoms with Crippen LogP contribution in [0.2, 0.25) is 0 Å². The molecule has 0 amide bonds. The first-order valence-electron chi connectivity index (χ1n) is 13.7. The zero-order chi connectivity index (χ0) is 24.2. The third-order valence-electron chi connectivity index (χ3n) is 13.1. The lowest BCUT2D eigenvalue weighted by Gasteiger charge is -2.72. The zero-order valence-electron chi connectivity index (χ0n) is 22.2. The van der Waals surface area contributed by atoms with E-state index in [-0.39, 0.29) is 44.3 Å². The summed E-state index contributed by atoms with van der Waals surface area (Å²) < 4.78 is 0. The fraction of sp³-hybridized carbons (Fsp3) is 0.900. The van der Waals surface area contributed by atoms with E-state index in [1.807, 2.05) is 0 Å². The Kier molecular flexibility index (Phi) is 4.90. The van der Waals surface area contributed by atoms with E-state index < -0.39 is 0 Å². The van der Waals surface area contributed by atoms with Gasteiger partial charge in [-0.1, -0.05) is 48.5 Å². The highest BCUT2D eigenvalue weighted by molar-refractivity contribution is 5.87. The van der Waals surface area contributed by atoms with Gasteiger partial charge in [0.1, 0.15) is 17.9 Å². The Morgan fingerprint density at radius 2 is 1.45 bits per heavy atom. The predicted octanol–water partition coefficient (Wildman–Crippen LogP) is 6.82. The largest absolute Gasteiger partial charge is 0.303 e. The standard InChI is InChI=1S/C30H46O3/c1-25(2)12-14-30(18-31)15-13-29(7)24(19(30)17-25)20(32)16-22-27(5)10-9-23(33)26(3,4)21(27)8-11-28(22,29)6/h18-19,21-22,24H,8-17H2,1-7H3/t19?,21-,22+,24-,27-,28+,29+,30?/m0/s1. The number of Topliss-reactive ketones (excluding diaryl/α,β-unsaturated/α-hetero) is 2. The number of fused-ring (bicyclic) bond motifs is 7. The van der Waals surface area contributed by atoms with Crippen molar-refractivity contribution in [2.24, 2.45) is 56.2 Å². The second-order valence-electron chi connectivity index (χ2n) is 15.1. The molecule has 184 valence electrons. The minimum absolute atomic E-state index is 0.00987. The van der Waals surface area contributed by atoms with Crippen molar-refractivity contribution >= 4 is 17.9 Å². The van der Waals surface area contributed by atoms with Gasteiger partial charge in [-0.3, -0.25) is 9.59 Å². The van der Waals surface area contributed by atoms with Crippen LogP contribution in [0.3, 0.4) is 0 Å². The summed E-state index contributed by atoms with van der Waals surface area (Å²) in [5.74, 6) is 1.75. The molecule has 5 aliphatic carbocycles. The van der Waals surface area contributed by atoms with Gasteiger partial charge in [0.25, 0.3) is 0 Å². The highest BCUT2D eigenvalue weighted by atomic mass is 16.1. The summed E-state index contributed by atoms with van der Waals surface area (Å²) in [7, 11) is 0. The first-order valence-corrected chi connectivity index (χ1v) is 13.7. The van der Waals surface area contributed by atoms with E-state index in [2.05, 4.69) is 48.5 Å². The number of rotatable bonds is 1. The highest BCUT2D eigenvalue weighted by Crippen LogP contribution is 2.75. The number of hydrogen-bond donors (Lipinski definition) is 0. The Bertz CT molecular complexity index is 900. The van der Waals surface area contributed by atoms with Gasteiger partial charge in [0, 0.05) is 29.6 Å². The van der Waals surface area contributed by atoms with E-state index in [0.29, 0.717) is 36.2 Å². The molecule has 5 saturated carbocycles. The molecule has 8 atom stereocenters. The summed E-state index contributed by atoms with van der Waals surface area (Å²) in [4.78, 5) is 39.7.